The highest BCUT2D eigenvalue weighted by Crippen LogP contribution is 2.41. The van der Waals surface area contributed by atoms with Gasteiger partial charge in [-0.1, -0.05) is 12.1 Å². The van der Waals surface area contributed by atoms with Crippen molar-refractivity contribution in [1.82, 2.24) is 10.2 Å². The first-order chi connectivity index (χ1) is 11.7. The number of aromatic nitrogens is 2. The summed E-state index contributed by atoms with van der Waals surface area (Å²) in [6.45, 7) is 0.973. The van der Waals surface area contributed by atoms with Crippen molar-refractivity contribution in [2.24, 2.45) is 0 Å². The normalized spacial score (nSPS) is 13.9. The molecular weight excluding hydrogens is 339 g/mol. The van der Waals surface area contributed by atoms with Gasteiger partial charge in [0, 0.05) is 12.6 Å². The highest BCUT2D eigenvalue weighted by molar-refractivity contribution is 5.44. The first-order valence-corrected chi connectivity index (χ1v) is 7.27. The fourth-order valence-electron chi connectivity index (χ4n) is 2.02. The Morgan fingerprint density at radius 2 is 1.72 bits per heavy atom. The van der Waals surface area contributed by atoms with Gasteiger partial charge in [-0.3, -0.25) is 0 Å². The third-order valence-electron chi connectivity index (χ3n) is 3.62. The van der Waals surface area contributed by atoms with Gasteiger partial charge in [0.15, 0.2) is 5.82 Å². The second-order valence-electron chi connectivity index (χ2n) is 5.42. The lowest BCUT2D eigenvalue weighted by Crippen LogP contribution is -2.40. The SMILES string of the molecule is COc1ccc(CNc2cc(OC)c(C(C)(O)C(F)(F)F)nn2)cc1. The largest absolute Gasteiger partial charge is 0.497 e. The number of aliphatic hydroxyl groups is 1. The lowest BCUT2D eigenvalue weighted by atomic mass is 10.0. The van der Waals surface area contributed by atoms with Crippen molar-refractivity contribution in [3.05, 3.63) is 41.6 Å². The number of methoxy groups -OCH3 is 2. The zero-order chi connectivity index (χ0) is 18.7. The quantitative estimate of drug-likeness (QED) is 0.828. The Morgan fingerprint density at radius 1 is 1.08 bits per heavy atom. The van der Waals surface area contributed by atoms with Crippen LogP contribution in [0.25, 0.3) is 0 Å². The molecule has 0 bridgehead atoms. The van der Waals surface area contributed by atoms with Gasteiger partial charge in [-0.2, -0.15) is 13.2 Å². The molecular formula is C16H18F3N3O3. The number of anilines is 1. The Bertz CT molecular complexity index is 719. The summed E-state index contributed by atoms with van der Waals surface area (Å²) >= 11 is 0. The van der Waals surface area contributed by atoms with Gasteiger partial charge in [-0.05, 0) is 24.6 Å². The number of halogens is 3. The number of ether oxygens (including phenoxy) is 2. The molecule has 6 nitrogen and oxygen atoms in total. The summed E-state index contributed by atoms with van der Waals surface area (Å²) in [6.07, 6.45) is -4.91. The lowest BCUT2D eigenvalue weighted by molar-refractivity contribution is -0.260. The Morgan fingerprint density at radius 3 is 2.24 bits per heavy atom. The van der Waals surface area contributed by atoms with Crippen LogP contribution in [-0.2, 0) is 12.1 Å². The molecule has 0 fully saturated rings. The van der Waals surface area contributed by atoms with E-state index in [1.54, 1.807) is 19.2 Å². The molecule has 2 N–H and O–H groups in total. The van der Waals surface area contributed by atoms with Gasteiger partial charge < -0.3 is 19.9 Å². The summed E-state index contributed by atoms with van der Waals surface area (Å²) in [6, 6.07) is 8.49. The zero-order valence-electron chi connectivity index (χ0n) is 13.9. The van der Waals surface area contributed by atoms with Crippen molar-refractivity contribution in [2.75, 3.05) is 19.5 Å². The van der Waals surface area contributed by atoms with Gasteiger partial charge in [0.25, 0.3) is 0 Å². The van der Waals surface area contributed by atoms with E-state index in [1.807, 2.05) is 12.1 Å². The number of hydrogen-bond acceptors (Lipinski definition) is 6. The van der Waals surface area contributed by atoms with E-state index in [-0.39, 0.29) is 11.6 Å². The van der Waals surface area contributed by atoms with Crippen LogP contribution < -0.4 is 14.8 Å². The van der Waals surface area contributed by atoms with Gasteiger partial charge >= 0.3 is 6.18 Å². The van der Waals surface area contributed by atoms with E-state index in [0.717, 1.165) is 5.56 Å². The number of alkyl halides is 3. The maximum atomic E-state index is 13.0. The van der Waals surface area contributed by atoms with Gasteiger partial charge in [-0.25, -0.2) is 0 Å². The third-order valence-corrected chi connectivity index (χ3v) is 3.62. The van der Waals surface area contributed by atoms with Crippen molar-refractivity contribution >= 4 is 5.82 Å². The third kappa shape index (κ3) is 4.11. The molecule has 2 aromatic rings. The molecule has 1 aromatic carbocycles. The highest BCUT2D eigenvalue weighted by Gasteiger charge is 2.54. The van der Waals surface area contributed by atoms with Crippen molar-refractivity contribution in [1.29, 1.82) is 0 Å². The maximum absolute atomic E-state index is 13.0. The van der Waals surface area contributed by atoms with Crippen molar-refractivity contribution < 1.29 is 27.8 Å². The summed E-state index contributed by atoms with van der Waals surface area (Å²) in [4.78, 5) is 0. The van der Waals surface area contributed by atoms with E-state index in [2.05, 4.69) is 15.5 Å². The molecule has 1 aromatic heterocycles. The van der Waals surface area contributed by atoms with Crippen LogP contribution in [0.5, 0.6) is 11.5 Å². The van der Waals surface area contributed by atoms with Crippen LogP contribution in [0, 0.1) is 0 Å². The van der Waals surface area contributed by atoms with Crippen LogP contribution in [0.4, 0.5) is 19.0 Å². The molecule has 0 amide bonds. The van der Waals surface area contributed by atoms with E-state index >= 15 is 0 Å². The summed E-state index contributed by atoms with van der Waals surface area (Å²) in [5.41, 5.74) is -2.95. The standard InChI is InChI=1S/C16H18F3N3O3/c1-15(23,16(17,18)19)14-12(25-3)8-13(21-22-14)20-9-10-4-6-11(24-2)7-5-10/h4-8,23H,9H2,1-3H3,(H,20,21). The lowest BCUT2D eigenvalue weighted by Gasteiger charge is -2.26. The minimum atomic E-state index is -4.91. The molecule has 136 valence electrons. The van der Waals surface area contributed by atoms with Gasteiger partial charge in [0.05, 0.1) is 14.2 Å². The minimum absolute atomic E-state index is 0.213. The summed E-state index contributed by atoms with van der Waals surface area (Å²) in [5, 5.41) is 19.9. The Kier molecular flexibility index (Phi) is 5.36. The minimum Gasteiger partial charge on any atom is -0.497 e. The molecule has 1 atom stereocenters. The van der Waals surface area contributed by atoms with E-state index in [0.29, 0.717) is 19.2 Å². The van der Waals surface area contributed by atoms with Crippen LogP contribution in [0.2, 0.25) is 0 Å². The topological polar surface area (TPSA) is 76.5 Å². The second kappa shape index (κ2) is 7.14. The fourth-order valence-corrected chi connectivity index (χ4v) is 2.02. The Labute approximate surface area is 142 Å². The molecule has 0 radical (unpaired) electrons. The second-order valence-corrected chi connectivity index (χ2v) is 5.42. The van der Waals surface area contributed by atoms with Crippen LogP contribution in [0.3, 0.4) is 0 Å². The van der Waals surface area contributed by atoms with E-state index in [1.165, 1.54) is 13.2 Å². The van der Waals surface area contributed by atoms with Crippen LogP contribution in [0.15, 0.2) is 30.3 Å². The van der Waals surface area contributed by atoms with Gasteiger partial charge in [-0.15, -0.1) is 10.2 Å². The van der Waals surface area contributed by atoms with E-state index < -0.39 is 17.5 Å². The fraction of sp³-hybridized carbons (Fsp3) is 0.375. The summed E-state index contributed by atoms with van der Waals surface area (Å²) in [7, 11) is 2.76. The molecule has 2 rings (SSSR count). The molecule has 25 heavy (non-hydrogen) atoms. The Hall–Kier alpha value is -2.55. The van der Waals surface area contributed by atoms with Crippen molar-refractivity contribution in [3.8, 4) is 11.5 Å². The highest BCUT2D eigenvalue weighted by atomic mass is 19.4. The van der Waals surface area contributed by atoms with Gasteiger partial charge in [0.1, 0.15) is 17.2 Å². The molecule has 0 aliphatic carbocycles. The van der Waals surface area contributed by atoms with Crippen LogP contribution >= 0.6 is 0 Å². The zero-order valence-corrected chi connectivity index (χ0v) is 13.9. The molecule has 0 saturated heterocycles. The predicted molar refractivity (Wildman–Crippen MR) is 84.5 cm³/mol. The van der Waals surface area contributed by atoms with Crippen molar-refractivity contribution in [3.63, 3.8) is 0 Å². The maximum Gasteiger partial charge on any atom is 0.422 e. The average Bonchev–Trinajstić information content (AvgIpc) is 2.59. The number of benzene rings is 1. The molecule has 0 spiro atoms. The monoisotopic (exact) mass is 357 g/mol. The molecule has 1 heterocycles. The molecule has 0 saturated carbocycles. The molecule has 1 unspecified atom stereocenters. The average molecular weight is 357 g/mol. The van der Waals surface area contributed by atoms with Gasteiger partial charge in [0.2, 0.25) is 5.60 Å². The number of nitrogens with zero attached hydrogens (tertiary/aromatic N) is 2. The molecule has 9 heteroatoms. The predicted octanol–water partition coefficient (Wildman–Crippen LogP) is 2.88. The molecule has 0 aliphatic rings. The summed E-state index contributed by atoms with van der Waals surface area (Å²) in [5.74, 6) is 0.716. The number of hydrogen-bond donors (Lipinski definition) is 2. The van der Waals surface area contributed by atoms with Crippen LogP contribution in [0.1, 0.15) is 18.2 Å². The Balaban J connectivity index is 2.18. The smallest absolute Gasteiger partial charge is 0.422 e. The first-order valence-electron chi connectivity index (χ1n) is 7.27. The number of nitrogens with one attached hydrogen (secondary N) is 1. The van der Waals surface area contributed by atoms with Crippen molar-refractivity contribution in [2.45, 2.75) is 25.2 Å². The molecule has 0 aliphatic heterocycles. The van der Waals surface area contributed by atoms with Crippen LogP contribution in [-0.4, -0.2) is 35.7 Å². The number of rotatable bonds is 6. The van der Waals surface area contributed by atoms with E-state index in [4.69, 9.17) is 9.47 Å². The van der Waals surface area contributed by atoms with E-state index in [9.17, 15) is 18.3 Å². The summed E-state index contributed by atoms with van der Waals surface area (Å²) < 4.78 is 48.9. The first kappa shape index (κ1) is 18.8.